The van der Waals surface area contributed by atoms with Gasteiger partial charge < -0.3 is 14.5 Å². The van der Waals surface area contributed by atoms with Gasteiger partial charge in [-0.3, -0.25) is 0 Å². The SMILES string of the molecule is CN1CC(C2CC[C@@]23CCN(C(=O)OC(C)(C)C)C3)C1. The van der Waals surface area contributed by atoms with Crippen molar-refractivity contribution in [3.8, 4) is 0 Å². The Morgan fingerprint density at radius 2 is 1.95 bits per heavy atom. The minimum atomic E-state index is -0.386. The van der Waals surface area contributed by atoms with Gasteiger partial charge in [-0.25, -0.2) is 4.79 Å². The van der Waals surface area contributed by atoms with Gasteiger partial charge in [-0.1, -0.05) is 0 Å². The van der Waals surface area contributed by atoms with E-state index >= 15 is 0 Å². The lowest BCUT2D eigenvalue weighted by molar-refractivity contribution is -0.0607. The molecule has 2 saturated heterocycles. The van der Waals surface area contributed by atoms with E-state index in [-0.39, 0.29) is 11.7 Å². The van der Waals surface area contributed by atoms with Crippen LogP contribution >= 0.6 is 0 Å². The summed E-state index contributed by atoms with van der Waals surface area (Å²) in [5, 5.41) is 0. The third-order valence-electron chi connectivity index (χ3n) is 5.44. The molecule has 0 radical (unpaired) electrons. The predicted molar refractivity (Wildman–Crippen MR) is 78.6 cm³/mol. The molecule has 1 aliphatic carbocycles. The van der Waals surface area contributed by atoms with Crippen molar-refractivity contribution in [1.82, 2.24) is 9.80 Å². The third-order valence-corrected chi connectivity index (χ3v) is 5.44. The van der Waals surface area contributed by atoms with Crippen LogP contribution in [0, 0.1) is 17.3 Å². The highest BCUT2D eigenvalue weighted by molar-refractivity contribution is 5.68. The van der Waals surface area contributed by atoms with Crippen molar-refractivity contribution in [3.05, 3.63) is 0 Å². The predicted octanol–water partition coefficient (Wildman–Crippen LogP) is 2.59. The first kappa shape index (κ1) is 14.2. The molecule has 3 aliphatic rings. The zero-order valence-electron chi connectivity index (χ0n) is 13.3. The quantitative estimate of drug-likeness (QED) is 0.740. The molecule has 2 heterocycles. The number of carbonyl (C=O) groups excluding carboxylic acids is 1. The van der Waals surface area contributed by atoms with Gasteiger partial charge in [0.1, 0.15) is 5.60 Å². The summed E-state index contributed by atoms with van der Waals surface area (Å²) in [6.45, 7) is 10.1. The normalized spacial score (nSPS) is 35.0. The number of nitrogens with zero attached hydrogens (tertiary/aromatic N) is 2. The largest absolute Gasteiger partial charge is 0.444 e. The lowest BCUT2D eigenvalue weighted by atomic mass is 9.54. The molecule has 4 heteroatoms. The molecule has 114 valence electrons. The molecular weight excluding hydrogens is 252 g/mol. The number of likely N-dealkylation sites (tertiary alicyclic amines) is 2. The van der Waals surface area contributed by atoms with Crippen LogP contribution in [0.1, 0.15) is 40.0 Å². The molecule has 0 aromatic rings. The number of hydrogen-bond donors (Lipinski definition) is 0. The summed E-state index contributed by atoms with van der Waals surface area (Å²) in [5.41, 5.74) is 0.0331. The molecule has 1 unspecified atom stereocenters. The maximum absolute atomic E-state index is 12.2. The van der Waals surface area contributed by atoms with Crippen LogP contribution in [-0.2, 0) is 4.74 Å². The minimum absolute atomic E-state index is 0.120. The zero-order chi connectivity index (χ0) is 14.5. The van der Waals surface area contributed by atoms with Crippen LogP contribution in [0.25, 0.3) is 0 Å². The van der Waals surface area contributed by atoms with Crippen LogP contribution in [0.3, 0.4) is 0 Å². The average Bonchev–Trinajstić information content (AvgIpc) is 2.70. The molecular formula is C16H28N2O2. The highest BCUT2D eigenvalue weighted by atomic mass is 16.6. The number of amides is 1. The van der Waals surface area contributed by atoms with Gasteiger partial charge in [0.2, 0.25) is 0 Å². The first-order valence-corrected chi connectivity index (χ1v) is 7.96. The van der Waals surface area contributed by atoms with E-state index in [0.29, 0.717) is 5.41 Å². The van der Waals surface area contributed by atoms with Crippen LogP contribution in [0.4, 0.5) is 4.79 Å². The Labute approximate surface area is 122 Å². The molecule has 0 aromatic carbocycles. The van der Waals surface area contributed by atoms with Crippen LogP contribution in [0.15, 0.2) is 0 Å². The van der Waals surface area contributed by atoms with Crippen LogP contribution < -0.4 is 0 Å². The topological polar surface area (TPSA) is 32.8 Å². The van der Waals surface area contributed by atoms with Gasteiger partial charge >= 0.3 is 6.09 Å². The summed E-state index contributed by atoms with van der Waals surface area (Å²) in [5.74, 6) is 1.71. The highest BCUT2D eigenvalue weighted by Gasteiger charge is 2.55. The monoisotopic (exact) mass is 280 g/mol. The molecule has 3 rings (SSSR count). The Morgan fingerprint density at radius 1 is 1.25 bits per heavy atom. The summed E-state index contributed by atoms with van der Waals surface area (Å²) in [6, 6.07) is 0. The molecule has 4 nitrogen and oxygen atoms in total. The summed E-state index contributed by atoms with van der Waals surface area (Å²) in [7, 11) is 2.20. The van der Waals surface area contributed by atoms with E-state index in [2.05, 4.69) is 11.9 Å². The van der Waals surface area contributed by atoms with Gasteiger partial charge in [-0.05, 0) is 64.3 Å². The second-order valence-electron chi connectivity index (χ2n) is 8.14. The standard InChI is InChI=1S/C16H28N2O2/c1-15(2,3)20-14(19)18-8-7-16(11-18)6-5-13(16)12-9-17(4)10-12/h12-13H,5-11H2,1-4H3/t13?,16-/m0/s1. The second-order valence-corrected chi connectivity index (χ2v) is 8.14. The van der Waals surface area contributed by atoms with Crippen LogP contribution in [0.2, 0.25) is 0 Å². The summed E-state index contributed by atoms with van der Waals surface area (Å²) in [4.78, 5) is 16.5. The minimum Gasteiger partial charge on any atom is -0.444 e. The van der Waals surface area contributed by atoms with E-state index in [1.807, 2.05) is 25.7 Å². The fraction of sp³-hybridized carbons (Fsp3) is 0.938. The Hall–Kier alpha value is -0.770. The Kier molecular flexibility index (Phi) is 3.27. The van der Waals surface area contributed by atoms with Crippen molar-refractivity contribution in [2.45, 2.75) is 45.6 Å². The molecule has 20 heavy (non-hydrogen) atoms. The lowest BCUT2D eigenvalue weighted by Gasteiger charge is -2.55. The summed E-state index contributed by atoms with van der Waals surface area (Å²) >= 11 is 0. The van der Waals surface area contributed by atoms with Crippen molar-refractivity contribution in [2.24, 2.45) is 17.3 Å². The molecule has 2 atom stereocenters. The van der Waals surface area contributed by atoms with Gasteiger partial charge in [0.25, 0.3) is 0 Å². The highest BCUT2D eigenvalue weighted by Crippen LogP contribution is 2.57. The molecule has 0 aromatic heterocycles. The van der Waals surface area contributed by atoms with Crippen molar-refractivity contribution in [1.29, 1.82) is 0 Å². The van der Waals surface area contributed by atoms with Gasteiger partial charge in [0, 0.05) is 26.2 Å². The van der Waals surface area contributed by atoms with Crippen molar-refractivity contribution < 1.29 is 9.53 Å². The van der Waals surface area contributed by atoms with E-state index < -0.39 is 0 Å². The first-order chi connectivity index (χ1) is 9.29. The Morgan fingerprint density at radius 3 is 2.45 bits per heavy atom. The van der Waals surface area contributed by atoms with E-state index in [9.17, 15) is 4.79 Å². The Balaban J connectivity index is 1.58. The maximum Gasteiger partial charge on any atom is 0.410 e. The molecule has 1 amide bonds. The molecule has 3 fully saturated rings. The lowest BCUT2D eigenvalue weighted by Crippen LogP contribution is -2.56. The van der Waals surface area contributed by atoms with Crippen LogP contribution in [-0.4, -0.2) is 54.7 Å². The Bertz CT molecular complexity index is 398. The van der Waals surface area contributed by atoms with Crippen molar-refractivity contribution in [2.75, 3.05) is 33.2 Å². The van der Waals surface area contributed by atoms with Crippen LogP contribution in [0.5, 0.6) is 0 Å². The van der Waals surface area contributed by atoms with Crippen molar-refractivity contribution in [3.63, 3.8) is 0 Å². The summed E-state index contributed by atoms with van der Waals surface area (Å²) < 4.78 is 5.52. The second kappa shape index (κ2) is 4.62. The maximum atomic E-state index is 12.2. The molecule has 0 bridgehead atoms. The number of hydrogen-bond acceptors (Lipinski definition) is 3. The summed E-state index contributed by atoms with van der Waals surface area (Å²) in [6.07, 6.45) is 3.72. The van der Waals surface area contributed by atoms with E-state index in [4.69, 9.17) is 4.74 Å². The number of carbonyl (C=O) groups is 1. The van der Waals surface area contributed by atoms with E-state index in [1.54, 1.807) is 0 Å². The number of rotatable bonds is 1. The zero-order valence-corrected chi connectivity index (χ0v) is 13.3. The van der Waals surface area contributed by atoms with Crippen molar-refractivity contribution >= 4 is 6.09 Å². The third kappa shape index (κ3) is 2.43. The number of ether oxygens (including phenoxy) is 1. The molecule has 2 aliphatic heterocycles. The van der Waals surface area contributed by atoms with E-state index in [1.165, 1.54) is 32.4 Å². The average molecular weight is 280 g/mol. The van der Waals surface area contributed by atoms with Gasteiger partial charge in [-0.2, -0.15) is 0 Å². The fourth-order valence-corrected chi connectivity index (χ4v) is 4.34. The molecule has 1 spiro atoms. The van der Waals surface area contributed by atoms with E-state index in [0.717, 1.165) is 24.9 Å². The first-order valence-electron chi connectivity index (χ1n) is 7.96. The van der Waals surface area contributed by atoms with Gasteiger partial charge in [-0.15, -0.1) is 0 Å². The fourth-order valence-electron chi connectivity index (χ4n) is 4.34. The smallest absolute Gasteiger partial charge is 0.410 e. The van der Waals surface area contributed by atoms with Gasteiger partial charge in [0.05, 0.1) is 0 Å². The molecule has 0 N–H and O–H groups in total. The van der Waals surface area contributed by atoms with Gasteiger partial charge in [0.15, 0.2) is 0 Å². The molecule has 1 saturated carbocycles.